The molecule has 1 aromatic rings. The summed E-state index contributed by atoms with van der Waals surface area (Å²) in [6.45, 7) is 3.48. The Bertz CT molecular complexity index is 819. The first-order valence-corrected chi connectivity index (χ1v) is 10.3. The van der Waals surface area contributed by atoms with Gasteiger partial charge in [-0.15, -0.1) is 0 Å². The summed E-state index contributed by atoms with van der Waals surface area (Å²) in [7, 11) is 0. The maximum atomic E-state index is 13.7. The number of piperidine rings is 1. The van der Waals surface area contributed by atoms with E-state index >= 15 is 0 Å². The number of alkyl halides is 3. The molecule has 3 fully saturated rings. The van der Waals surface area contributed by atoms with E-state index < -0.39 is 18.0 Å². The molecule has 2 amide bonds. The Morgan fingerprint density at radius 1 is 1.19 bits per heavy atom. The van der Waals surface area contributed by atoms with E-state index in [0.29, 0.717) is 19.6 Å². The number of carbonyl (C=O) groups excluding carboxylic acids is 1. The first-order valence-electron chi connectivity index (χ1n) is 10.3. The van der Waals surface area contributed by atoms with E-state index in [2.05, 4.69) is 4.98 Å². The Hall–Kier alpha value is -2.63. The molecular formula is C20H25F4N3O5. The first-order chi connectivity index (χ1) is 15.1. The van der Waals surface area contributed by atoms with E-state index in [4.69, 9.17) is 19.4 Å². The lowest BCUT2D eigenvalue weighted by atomic mass is 9.89. The molecule has 32 heavy (non-hydrogen) atoms. The Balaban J connectivity index is 0.000000360. The van der Waals surface area contributed by atoms with Crippen molar-refractivity contribution >= 4 is 12.0 Å². The molecule has 0 saturated carbocycles. The van der Waals surface area contributed by atoms with Gasteiger partial charge in [0.1, 0.15) is 6.10 Å². The van der Waals surface area contributed by atoms with Crippen LogP contribution in [-0.2, 0) is 9.53 Å². The van der Waals surface area contributed by atoms with Crippen molar-refractivity contribution in [3.63, 3.8) is 0 Å². The molecule has 0 aromatic carbocycles. The second-order valence-electron chi connectivity index (χ2n) is 8.03. The van der Waals surface area contributed by atoms with Gasteiger partial charge in [-0.2, -0.15) is 13.2 Å². The number of amides is 2. The van der Waals surface area contributed by atoms with Gasteiger partial charge in [0, 0.05) is 32.3 Å². The fraction of sp³-hybridized carbons (Fsp3) is 0.650. The second kappa shape index (κ2) is 9.88. The van der Waals surface area contributed by atoms with Crippen LogP contribution in [0.15, 0.2) is 18.3 Å². The van der Waals surface area contributed by atoms with Gasteiger partial charge in [-0.1, -0.05) is 0 Å². The standard InChI is InChI=1S/C18H24FN3O3.C2HF3O2/c19-15-5-3-7-20-16(15)25-14-11-18(24-12-14)6-4-10-22(13-18)17(23)21-8-1-2-9-21;3-2(4,5)1(6)7/h3,5,7,14H,1-2,4,6,8-13H2;(H,6,7)/t14-,18+;/m1./s1. The number of likely N-dealkylation sites (tertiary alicyclic amines) is 2. The number of halogens is 4. The Morgan fingerprint density at radius 3 is 2.47 bits per heavy atom. The fourth-order valence-electron chi connectivity index (χ4n) is 4.15. The van der Waals surface area contributed by atoms with Crippen LogP contribution in [0.5, 0.6) is 5.88 Å². The molecule has 2 atom stereocenters. The summed E-state index contributed by atoms with van der Waals surface area (Å²) >= 11 is 0. The molecule has 178 valence electrons. The van der Waals surface area contributed by atoms with Crippen LogP contribution in [0.2, 0.25) is 0 Å². The van der Waals surface area contributed by atoms with Crippen LogP contribution in [0.1, 0.15) is 32.1 Å². The third-order valence-corrected chi connectivity index (χ3v) is 5.61. The largest absolute Gasteiger partial charge is 0.490 e. The minimum absolute atomic E-state index is 0.0222. The predicted molar refractivity (Wildman–Crippen MR) is 103 cm³/mol. The molecular weight excluding hydrogens is 438 g/mol. The van der Waals surface area contributed by atoms with E-state index in [1.807, 2.05) is 9.80 Å². The molecule has 1 aromatic heterocycles. The van der Waals surface area contributed by atoms with Crippen LogP contribution in [0, 0.1) is 5.82 Å². The summed E-state index contributed by atoms with van der Waals surface area (Å²) in [4.78, 5) is 29.4. The Kier molecular flexibility index (Phi) is 7.42. The average Bonchev–Trinajstić information content (AvgIpc) is 3.40. The number of carboxylic acid groups (broad SMARTS) is 1. The fourth-order valence-corrected chi connectivity index (χ4v) is 4.15. The van der Waals surface area contributed by atoms with Crippen molar-refractivity contribution in [3.05, 3.63) is 24.1 Å². The summed E-state index contributed by atoms with van der Waals surface area (Å²) in [6, 6.07) is 3.00. The molecule has 0 aliphatic carbocycles. The number of ether oxygens (including phenoxy) is 2. The summed E-state index contributed by atoms with van der Waals surface area (Å²) in [5, 5.41) is 7.12. The quantitative estimate of drug-likeness (QED) is 0.678. The van der Waals surface area contributed by atoms with E-state index in [9.17, 15) is 22.4 Å². The van der Waals surface area contributed by atoms with Gasteiger partial charge in [0.25, 0.3) is 5.88 Å². The number of hydrogen-bond acceptors (Lipinski definition) is 5. The molecule has 12 heteroatoms. The summed E-state index contributed by atoms with van der Waals surface area (Å²) < 4.78 is 57.2. The van der Waals surface area contributed by atoms with Gasteiger partial charge in [0.05, 0.1) is 18.8 Å². The van der Waals surface area contributed by atoms with Crippen molar-refractivity contribution in [1.29, 1.82) is 0 Å². The van der Waals surface area contributed by atoms with E-state index in [-0.39, 0.29) is 23.6 Å². The average molecular weight is 463 g/mol. The molecule has 3 aliphatic heterocycles. The van der Waals surface area contributed by atoms with E-state index in [1.165, 1.54) is 18.3 Å². The zero-order chi connectivity index (χ0) is 23.4. The van der Waals surface area contributed by atoms with Crippen molar-refractivity contribution in [3.8, 4) is 5.88 Å². The number of pyridine rings is 1. The SMILES string of the molecule is O=C(N1CCCC1)N1CCC[C@]2(C[C@@H](Oc3ncccc3F)CO2)C1.O=C(O)C(F)(F)F. The normalized spacial score (nSPS) is 25.4. The minimum atomic E-state index is -5.08. The highest BCUT2D eigenvalue weighted by molar-refractivity contribution is 5.75. The smallest absolute Gasteiger partial charge is 0.475 e. The van der Waals surface area contributed by atoms with Gasteiger partial charge in [-0.3, -0.25) is 0 Å². The number of aliphatic carboxylic acids is 1. The van der Waals surface area contributed by atoms with Gasteiger partial charge in [0.15, 0.2) is 5.82 Å². The van der Waals surface area contributed by atoms with Crippen molar-refractivity contribution in [1.82, 2.24) is 14.8 Å². The highest BCUT2D eigenvalue weighted by atomic mass is 19.4. The third kappa shape index (κ3) is 5.99. The van der Waals surface area contributed by atoms with Crippen molar-refractivity contribution in [2.75, 3.05) is 32.8 Å². The number of carbonyl (C=O) groups is 2. The molecule has 1 spiro atoms. The lowest BCUT2D eigenvalue weighted by molar-refractivity contribution is -0.192. The molecule has 0 bridgehead atoms. The van der Waals surface area contributed by atoms with Gasteiger partial charge in [-0.25, -0.2) is 19.0 Å². The number of aromatic nitrogens is 1. The van der Waals surface area contributed by atoms with Crippen molar-refractivity contribution in [2.45, 2.75) is 50.0 Å². The van der Waals surface area contributed by atoms with Crippen molar-refractivity contribution in [2.24, 2.45) is 0 Å². The molecule has 8 nitrogen and oxygen atoms in total. The van der Waals surface area contributed by atoms with Gasteiger partial charge in [-0.05, 0) is 37.8 Å². The topological polar surface area (TPSA) is 92.2 Å². The zero-order valence-electron chi connectivity index (χ0n) is 17.3. The third-order valence-electron chi connectivity index (χ3n) is 5.61. The number of nitrogens with zero attached hydrogens (tertiary/aromatic N) is 3. The van der Waals surface area contributed by atoms with Crippen molar-refractivity contribution < 1.29 is 41.7 Å². The number of hydrogen-bond donors (Lipinski definition) is 1. The van der Waals surface area contributed by atoms with Crippen LogP contribution < -0.4 is 4.74 Å². The number of carboxylic acids is 1. The number of urea groups is 1. The monoisotopic (exact) mass is 463 g/mol. The maximum Gasteiger partial charge on any atom is 0.490 e. The highest BCUT2D eigenvalue weighted by Crippen LogP contribution is 2.36. The minimum Gasteiger partial charge on any atom is -0.475 e. The molecule has 4 heterocycles. The first kappa shape index (κ1) is 24.0. The summed E-state index contributed by atoms with van der Waals surface area (Å²) in [5.74, 6) is -3.20. The lowest BCUT2D eigenvalue weighted by Crippen LogP contribution is -2.53. The summed E-state index contributed by atoms with van der Waals surface area (Å²) in [5.41, 5.74) is -0.371. The molecule has 4 rings (SSSR count). The molecule has 3 saturated heterocycles. The molecule has 3 aliphatic rings. The van der Waals surface area contributed by atoms with Gasteiger partial charge < -0.3 is 24.4 Å². The summed E-state index contributed by atoms with van der Waals surface area (Å²) in [6.07, 6.45) is 0.866. The van der Waals surface area contributed by atoms with Gasteiger partial charge >= 0.3 is 18.2 Å². The molecule has 0 radical (unpaired) electrons. The predicted octanol–water partition coefficient (Wildman–Crippen LogP) is 3.07. The zero-order valence-corrected chi connectivity index (χ0v) is 17.3. The Labute approximate surface area is 182 Å². The highest BCUT2D eigenvalue weighted by Gasteiger charge is 2.46. The number of rotatable bonds is 2. The van der Waals surface area contributed by atoms with E-state index in [0.717, 1.165) is 45.3 Å². The van der Waals surface area contributed by atoms with E-state index in [1.54, 1.807) is 0 Å². The van der Waals surface area contributed by atoms with Crippen LogP contribution in [-0.4, -0.2) is 82.6 Å². The van der Waals surface area contributed by atoms with Crippen LogP contribution in [0.4, 0.5) is 22.4 Å². The Morgan fingerprint density at radius 2 is 1.84 bits per heavy atom. The van der Waals surface area contributed by atoms with Crippen LogP contribution >= 0.6 is 0 Å². The lowest BCUT2D eigenvalue weighted by Gasteiger charge is -2.40. The van der Waals surface area contributed by atoms with Crippen LogP contribution in [0.3, 0.4) is 0 Å². The maximum absolute atomic E-state index is 13.7. The molecule has 0 unspecified atom stereocenters. The van der Waals surface area contributed by atoms with Gasteiger partial charge in [0.2, 0.25) is 0 Å². The van der Waals surface area contributed by atoms with Crippen LogP contribution in [0.25, 0.3) is 0 Å². The molecule has 1 N–H and O–H groups in total. The second-order valence-corrected chi connectivity index (χ2v) is 8.03.